The normalized spacial score (nSPS) is 29.1. The predicted molar refractivity (Wildman–Crippen MR) is 55.5 cm³/mol. The lowest BCUT2D eigenvalue weighted by molar-refractivity contribution is 0.0594. The van der Waals surface area contributed by atoms with Crippen LogP contribution in [0.5, 0.6) is 0 Å². The number of hydrogen-bond acceptors (Lipinski definition) is 2. The highest BCUT2D eigenvalue weighted by molar-refractivity contribution is 4.88. The quantitative estimate of drug-likeness (QED) is 0.713. The molecule has 0 aromatic heterocycles. The predicted octanol–water partition coefficient (Wildman–Crippen LogP) is 1.31. The van der Waals surface area contributed by atoms with Gasteiger partial charge < -0.3 is 10.6 Å². The minimum Gasteiger partial charge on any atom is -0.330 e. The van der Waals surface area contributed by atoms with Gasteiger partial charge in [0.05, 0.1) is 0 Å². The minimum atomic E-state index is 0.832. The first kappa shape index (κ1) is 9.47. The molecule has 2 rings (SSSR count). The van der Waals surface area contributed by atoms with Crippen LogP contribution in [0, 0.1) is 17.8 Å². The molecule has 0 amide bonds. The number of hydrogen-bond donors (Lipinski definition) is 1. The monoisotopic (exact) mass is 182 g/mol. The van der Waals surface area contributed by atoms with Gasteiger partial charge in [0.2, 0.25) is 0 Å². The second-order valence-electron chi connectivity index (χ2n) is 4.93. The summed E-state index contributed by atoms with van der Waals surface area (Å²) in [6, 6.07) is 0. The van der Waals surface area contributed by atoms with Crippen molar-refractivity contribution in [1.82, 2.24) is 4.90 Å². The van der Waals surface area contributed by atoms with E-state index in [0.717, 1.165) is 24.3 Å². The van der Waals surface area contributed by atoms with E-state index in [2.05, 4.69) is 11.9 Å². The third kappa shape index (κ3) is 1.89. The molecular formula is C11H22N2. The summed E-state index contributed by atoms with van der Waals surface area (Å²) in [5.41, 5.74) is 5.89. The van der Waals surface area contributed by atoms with Crippen LogP contribution in [0.3, 0.4) is 0 Å². The zero-order chi connectivity index (χ0) is 9.26. The molecule has 0 radical (unpaired) electrons. The summed E-state index contributed by atoms with van der Waals surface area (Å²) in [5, 5.41) is 0. The molecule has 0 aromatic carbocycles. The van der Waals surface area contributed by atoms with E-state index in [1.807, 2.05) is 0 Å². The molecule has 1 heterocycles. The van der Waals surface area contributed by atoms with Crippen molar-refractivity contribution in [3.8, 4) is 0 Å². The Morgan fingerprint density at radius 1 is 1.23 bits per heavy atom. The van der Waals surface area contributed by atoms with E-state index < -0.39 is 0 Å². The van der Waals surface area contributed by atoms with E-state index in [0.29, 0.717) is 0 Å². The average Bonchev–Trinajstić information content (AvgIpc) is 2.55. The van der Waals surface area contributed by atoms with Crippen molar-refractivity contribution >= 4 is 0 Å². The molecule has 1 unspecified atom stereocenters. The smallest absolute Gasteiger partial charge is 0.00222 e. The summed E-state index contributed by atoms with van der Waals surface area (Å²) in [5.74, 6) is 2.71. The number of likely N-dealkylation sites (tertiary alicyclic amines) is 1. The highest BCUT2D eigenvalue weighted by Gasteiger charge is 2.35. The highest BCUT2D eigenvalue weighted by Crippen LogP contribution is 2.37. The van der Waals surface area contributed by atoms with Crippen LogP contribution in [0.25, 0.3) is 0 Å². The summed E-state index contributed by atoms with van der Waals surface area (Å²) in [6.07, 6.45) is 5.79. The van der Waals surface area contributed by atoms with Crippen molar-refractivity contribution in [2.24, 2.45) is 23.5 Å². The largest absolute Gasteiger partial charge is 0.330 e. The van der Waals surface area contributed by atoms with Gasteiger partial charge in [0.15, 0.2) is 0 Å². The molecule has 76 valence electrons. The van der Waals surface area contributed by atoms with Gasteiger partial charge in [-0.15, -0.1) is 0 Å². The second-order valence-corrected chi connectivity index (χ2v) is 4.93. The van der Waals surface area contributed by atoms with E-state index in [4.69, 9.17) is 5.73 Å². The van der Waals surface area contributed by atoms with Gasteiger partial charge in [0, 0.05) is 13.1 Å². The van der Waals surface area contributed by atoms with Crippen molar-refractivity contribution in [3.05, 3.63) is 0 Å². The van der Waals surface area contributed by atoms with Gasteiger partial charge in [0.25, 0.3) is 0 Å². The van der Waals surface area contributed by atoms with Crippen molar-refractivity contribution < 1.29 is 0 Å². The van der Waals surface area contributed by atoms with Crippen LogP contribution in [0.2, 0.25) is 0 Å². The van der Waals surface area contributed by atoms with Crippen molar-refractivity contribution in [2.45, 2.75) is 25.7 Å². The molecule has 0 aromatic rings. The molecule has 2 aliphatic rings. The van der Waals surface area contributed by atoms with E-state index in [1.165, 1.54) is 38.8 Å². The SMILES string of the molecule is CN1CC(C(CN)C2CCCC2)C1. The zero-order valence-electron chi connectivity index (χ0n) is 8.71. The number of nitrogens with zero attached hydrogens (tertiary/aromatic N) is 1. The van der Waals surface area contributed by atoms with Gasteiger partial charge in [0.1, 0.15) is 0 Å². The van der Waals surface area contributed by atoms with Crippen LogP contribution in [0.1, 0.15) is 25.7 Å². The summed E-state index contributed by atoms with van der Waals surface area (Å²) in [7, 11) is 2.21. The molecule has 1 atom stereocenters. The van der Waals surface area contributed by atoms with Crippen molar-refractivity contribution in [3.63, 3.8) is 0 Å². The standard InChI is InChI=1S/C11H22N2/c1-13-7-10(8-13)11(6-12)9-4-2-3-5-9/h9-11H,2-8,12H2,1H3. The third-order valence-electron chi connectivity index (χ3n) is 3.98. The molecule has 1 saturated heterocycles. The molecule has 0 spiro atoms. The van der Waals surface area contributed by atoms with Crippen LogP contribution >= 0.6 is 0 Å². The first-order chi connectivity index (χ1) is 6.31. The summed E-state index contributed by atoms with van der Waals surface area (Å²) < 4.78 is 0. The zero-order valence-corrected chi connectivity index (χ0v) is 8.71. The molecule has 2 nitrogen and oxygen atoms in total. The number of rotatable bonds is 3. The molecule has 1 aliphatic carbocycles. The van der Waals surface area contributed by atoms with Crippen LogP contribution in [-0.2, 0) is 0 Å². The summed E-state index contributed by atoms with van der Waals surface area (Å²) in [6.45, 7) is 3.50. The maximum Gasteiger partial charge on any atom is 0.00222 e. The van der Waals surface area contributed by atoms with Crippen LogP contribution in [0.4, 0.5) is 0 Å². The molecule has 0 bridgehead atoms. The van der Waals surface area contributed by atoms with Crippen LogP contribution in [0.15, 0.2) is 0 Å². The molecule has 1 saturated carbocycles. The van der Waals surface area contributed by atoms with E-state index in [1.54, 1.807) is 0 Å². The minimum absolute atomic E-state index is 0.832. The van der Waals surface area contributed by atoms with Gasteiger partial charge in [-0.25, -0.2) is 0 Å². The van der Waals surface area contributed by atoms with Crippen molar-refractivity contribution in [1.29, 1.82) is 0 Å². The highest BCUT2D eigenvalue weighted by atomic mass is 15.2. The van der Waals surface area contributed by atoms with E-state index in [-0.39, 0.29) is 0 Å². The Labute approximate surface area is 81.5 Å². The molecule has 1 aliphatic heterocycles. The van der Waals surface area contributed by atoms with Gasteiger partial charge in [-0.05, 0) is 31.3 Å². The first-order valence-corrected chi connectivity index (χ1v) is 5.70. The molecule has 2 heteroatoms. The molecule has 13 heavy (non-hydrogen) atoms. The Balaban J connectivity index is 1.85. The fourth-order valence-corrected chi connectivity index (χ4v) is 3.17. The lowest BCUT2D eigenvalue weighted by Crippen LogP contribution is -2.50. The van der Waals surface area contributed by atoms with Crippen LogP contribution < -0.4 is 5.73 Å². The average molecular weight is 182 g/mol. The van der Waals surface area contributed by atoms with Gasteiger partial charge in [-0.3, -0.25) is 0 Å². The topological polar surface area (TPSA) is 29.3 Å². The number of nitrogens with two attached hydrogens (primary N) is 1. The molecule has 2 N–H and O–H groups in total. The van der Waals surface area contributed by atoms with E-state index in [9.17, 15) is 0 Å². The Morgan fingerprint density at radius 2 is 1.85 bits per heavy atom. The summed E-state index contributed by atoms with van der Waals surface area (Å²) >= 11 is 0. The van der Waals surface area contributed by atoms with Gasteiger partial charge >= 0.3 is 0 Å². The van der Waals surface area contributed by atoms with Gasteiger partial charge in [-0.2, -0.15) is 0 Å². The van der Waals surface area contributed by atoms with Crippen LogP contribution in [-0.4, -0.2) is 31.6 Å². The Morgan fingerprint density at radius 3 is 2.31 bits per heavy atom. The second kappa shape index (κ2) is 3.97. The Bertz CT molecular complexity index is 157. The molecule has 2 fully saturated rings. The Hall–Kier alpha value is -0.0800. The fourth-order valence-electron chi connectivity index (χ4n) is 3.17. The Kier molecular flexibility index (Phi) is 2.89. The fraction of sp³-hybridized carbons (Fsp3) is 1.00. The maximum absolute atomic E-state index is 5.89. The summed E-state index contributed by atoms with van der Waals surface area (Å²) in [4.78, 5) is 2.41. The van der Waals surface area contributed by atoms with Crippen molar-refractivity contribution in [2.75, 3.05) is 26.7 Å². The van der Waals surface area contributed by atoms with E-state index >= 15 is 0 Å². The first-order valence-electron chi connectivity index (χ1n) is 5.70. The molecular weight excluding hydrogens is 160 g/mol. The lowest BCUT2D eigenvalue weighted by atomic mass is 9.77. The van der Waals surface area contributed by atoms with Gasteiger partial charge in [-0.1, -0.05) is 25.7 Å². The maximum atomic E-state index is 5.89. The third-order valence-corrected chi connectivity index (χ3v) is 3.98. The lowest BCUT2D eigenvalue weighted by Gasteiger charge is -2.43.